The first kappa shape index (κ1) is 10.4. The van der Waals surface area contributed by atoms with Crippen molar-refractivity contribution >= 4 is 15.9 Å². The summed E-state index contributed by atoms with van der Waals surface area (Å²) >= 11 is 0. The highest BCUT2D eigenvalue weighted by atomic mass is 32.2. The van der Waals surface area contributed by atoms with Crippen LogP contribution in [0.4, 0.5) is 0 Å². The Morgan fingerprint density at radius 2 is 2.00 bits per heavy atom. The van der Waals surface area contributed by atoms with Crippen LogP contribution in [0.2, 0.25) is 0 Å². The fourth-order valence-corrected chi connectivity index (χ4v) is 0.850. The van der Waals surface area contributed by atoms with E-state index in [0.717, 1.165) is 6.26 Å². The Bertz CT molecular complexity index is 222. The average Bonchev–Trinajstić information content (AvgIpc) is 1.83. The zero-order chi connectivity index (χ0) is 8.91. The van der Waals surface area contributed by atoms with Crippen molar-refractivity contribution in [3.8, 4) is 0 Å². The molecule has 0 aliphatic carbocycles. The molecule has 0 aromatic rings. The fourth-order valence-electron chi connectivity index (χ4n) is 0.456. The van der Waals surface area contributed by atoms with Gasteiger partial charge in [-0.1, -0.05) is 0 Å². The maximum Gasteiger partial charge on any atom is 0.235 e. The number of hydrogen-bond acceptors (Lipinski definition) is 3. The van der Waals surface area contributed by atoms with Crippen LogP contribution in [0, 0.1) is 0 Å². The largest absolute Gasteiger partial charge is 0.355 e. The van der Waals surface area contributed by atoms with Gasteiger partial charge in [0, 0.05) is 6.54 Å². The molecule has 0 saturated carbocycles. The number of carbonyl (C=O) groups is 1. The second-order valence-electron chi connectivity index (χ2n) is 2.05. The molecule has 0 heterocycles. The lowest BCUT2D eigenvalue weighted by atomic mass is 10.6. The van der Waals surface area contributed by atoms with Crippen LogP contribution in [0.1, 0.15) is 6.92 Å². The van der Waals surface area contributed by atoms with Crippen molar-refractivity contribution in [2.45, 2.75) is 6.92 Å². The minimum atomic E-state index is -3.25. The molecule has 0 unspecified atom stereocenters. The van der Waals surface area contributed by atoms with Gasteiger partial charge in [-0.2, -0.15) is 0 Å². The molecule has 0 saturated heterocycles. The van der Waals surface area contributed by atoms with Crippen molar-refractivity contribution in [3.05, 3.63) is 0 Å². The number of hydrogen-bond donors (Lipinski definition) is 2. The molecule has 66 valence electrons. The van der Waals surface area contributed by atoms with Crippen molar-refractivity contribution in [2.24, 2.45) is 0 Å². The fraction of sp³-hybridized carbons (Fsp3) is 0.800. The smallest absolute Gasteiger partial charge is 0.235 e. The van der Waals surface area contributed by atoms with Gasteiger partial charge in [-0.3, -0.25) is 4.79 Å². The highest BCUT2D eigenvalue weighted by Gasteiger charge is 2.03. The third-order valence-electron chi connectivity index (χ3n) is 0.869. The lowest BCUT2D eigenvalue weighted by Gasteiger charge is -2.01. The van der Waals surface area contributed by atoms with Crippen LogP contribution >= 0.6 is 0 Å². The number of carbonyl (C=O) groups excluding carboxylic acids is 1. The summed E-state index contributed by atoms with van der Waals surface area (Å²) in [5.41, 5.74) is 0. The Hall–Kier alpha value is -0.620. The normalized spacial score (nSPS) is 11.1. The van der Waals surface area contributed by atoms with Crippen LogP contribution in [-0.4, -0.2) is 33.7 Å². The van der Waals surface area contributed by atoms with Gasteiger partial charge in [-0.25, -0.2) is 13.1 Å². The minimum absolute atomic E-state index is 0.188. The van der Waals surface area contributed by atoms with Gasteiger partial charge in [-0.15, -0.1) is 0 Å². The molecule has 2 N–H and O–H groups in total. The quantitative estimate of drug-likeness (QED) is 0.563. The first-order valence-electron chi connectivity index (χ1n) is 3.17. The Morgan fingerprint density at radius 3 is 2.36 bits per heavy atom. The highest BCUT2D eigenvalue weighted by molar-refractivity contribution is 7.88. The lowest BCUT2D eigenvalue weighted by molar-refractivity contribution is -0.119. The Balaban J connectivity index is 3.64. The van der Waals surface area contributed by atoms with Crippen LogP contribution in [0.15, 0.2) is 0 Å². The van der Waals surface area contributed by atoms with E-state index in [1.165, 1.54) is 0 Å². The maximum atomic E-state index is 10.7. The van der Waals surface area contributed by atoms with Crippen LogP contribution in [0.3, 0.4) is 0 Å². The van der Waals surface area contributed by atoms with E-state index in [1.807, 2.05) is 0 Å². The molecule has 0 aliphatic rings. The average molecular weight is 180 g/mol. The zero-order valence-electron chi connectivity index (χ0n) is 6.55. The molecule has 0 rings (SSSR count). The van der Waals surface area contributed by atoms with E-state index in [0.29, 0.717) is 6.54 Å². The molecule has 6 heteroatoms. The van der Waals surface area contributed by atoms with E-state index >= 15 is 0 Å². The van der Waals surface area contributed by atoms with Crippen molar-refractivity contribution in [3.63, 3.8) is 0 Å². The Labute approximate surface area is 66.2 Å². The van der Waals surface area contributed by atoms with Gasteiger partial charge in [0.15, 0.2) is 0 Å². The summed E-state index contributed by atoms with van der Waals surface area (Å²) in [6.07, 6.45) is 1.01. The molecule has 0 bridgehead atoms. The monoisotopic (exact) mass is 180 g/mol. The van der Waals surface area contributed by atoms with Crippen LogP contribution < -0.4 is 10.0 Å². The van der Waals surface area contributed by atoms with Crippen molar-refractivity contribution < 1.29 is 13.2 Å². The number of likely N-dealkylation sites (N-methyl/N-ethyl adjacent to an activating group) is 1. The van der Waals surface area contributed by atoms with E-state index in [1.54, 1.807) is 6.92 Å². The predicted octanol–water partition coefficient (Wildman–Crippen LogP) is -1.33. The van der Waals surface area contributed by atoms with Gasteiger partial charge in [-0.05, 0) is 6.92 Å². The van der Waals surface area contributed by atoms with E-state index in [2.05, 4.69) is 10.0 Å². The van der Waals surface area contributed by atoms with Crippen molar-refractivity contribution in [1.82, 2.24) is 10.0 Å². The van der Waals surface area contributed by atoms with Crippen molar-refractivity contribution in [2.75, 3.05) is 19.3 Å². The summed E-state index contributed by atoms with van der Waals surface area (Å²) in [5.74, 6) is -0.321. The highest BCUT2D eigenvalue weighted by Crippen LogP contribution is 1.72. The van der Waals surface area contributed by atoms with Gasteiger partial charge in [0.25, 0.3) is 0 Å². The van der Waals surface area contributed by atoms with E-state index < -0.39 is 10.0 Å². The molecule has 0 atom stereocenters. The first-order chi connectivity index (χ1) is 4.95. The SMILES string of the molecule is CCNC(=O)CNS(C)(=O)=O. The molecule has 0 spiro atoms. The standard InChI is InChI=1S/C5H12N2O3S/c1-3-6-5(8)4-7-11(2,9)10/h7H,3-4H2,1-2H3,(H,6,8). The summed E-state index contributed by atoms with van der Waals surface area (Å²) in [6.45, 7) is 2.08. The third kappa shape index (κ3) is 7.27. The molecule has 11 heavy (non-hydrogen) atoms. The molecule has 0 aromatic carbocycles. The molecular formula is C5H12N2O3S. The number of nitrogens with one attached hydrogen (secondary N) is 2. The van der Waals surface area contributed by atoms with Crippen LogP contribution in [0.25, 0.3) is 0 Å². The molecule has 0 aromatic heterocycles. The Morgan fingerprint density at radius 1 is 1.45 bits per heavy atom. The number of amides is 1. The lowest BCUT2D eigenvalue weighted by Crippen LogP contribution is -2.36. The van der Waals surface area contributed by atoms with E-state index in [4.69, 9.17) is 0 Å². The van der Waals surface area contributed by atoms with Gasteiger partial charge < -0.3 is 5.32 Å². The van der Waals surface area contributed by atoms with Gasteiger partial charge >= 0.3 is 0 Å². The molecule has 0 aliphatic heterocycles. The summed E-state index contributed by atoms with van der Waals surface area (Å²) in [5, 5.41) is 2.45. The summed E-state index contributed by atoms with van der Waals surface area (Å²) < 4.78 is 23.0. The minimum Gasteiger partial charge on any atom is -0.355 e. The molecule has 0 fully saturated rings. The van der Waals surface area contributed by atoms with Gasteiger partial charge in [0.2, 0.25) is 15.9 Å². The third-order valence-corrected chi connectivity index (χ3v) is 1.54. The number of rotatable bonds is 4. The topological polar surface area (TPSA) is 75.3 Å². The molecule has 5 nitrogen and oxygen atoms in total. The molecule has 1 amide bonds. The number of sulfonamides is 1. The zero-order valence-corrected chi connectivity index (χ0v) is 7.36. The van der Waals surface area contributed by atoms with E-state index in [-0.39, 0.29) is 12.5 Å². The van der Waals surface area contributed by atoms with Gasteiger partial charge in [0.05, 0.1) is 12.8 Å². The van der Waals surface area contributed by atoms with Crippen molar-refractivity contribution in [1.29, 1.82) is 0 Å². The maximum absolute atomic E-state index is 10.7. The molecule has 0 radical (unpaired) electrons. The molecular weight excluding hydrogens is 168 g/mol. The first-order valence-corrected chi connectivity index (χ1v) is 5.06. The Kier molecular flexibility index (Phi) is 4.06. The second kappa shape index (κ2) is 4.30. The van der Waals surface area contributed by atoms with Gasteiger partial charge in [0.1, 0.15) is 0 Å². The predicted molar refractivity (Wildman–Crippen MR) is 41.5 cm³/mol. The van der Waals surface area contributed by atoms with Crippen LogP contribution in [0.5, 0.6) is 0 Å². The van der Waals surface area contributed by atoms with Crippen LogP contribution in [-0.2, 0) is 14.8 Å². The second-order valence-corrected chi connectivity index (χ2v) is 3.88. The summed E-state index contributed by atoms with van der Waals surface area (Å²) in [6, 6.07) is 0. The van der Waals surface area contributed by atoms with E-state index in [9.17, 15) is 13.2 Å². The summed E-state index contributed by atoms with van der Waals surface area (Å²) in [7, 11) is -3.25. The summed E-state index contributed by atoms with van der Waals surface area (Å²) in [4.78, 5) is 10.7.